The maximum Gasteiger partial charge on any atom is 0.431 e. The standard InChI is InChI=1S/C16H8F3N5O2S/c1-23-12(16(17,18)19)5-13(25)24(15(23)26)9-2-3-11-10(4-9)14(22-27-11)8(6-20)7-21/h2-5,8H,1H3. The highest BCUT2D eigenvalue weighted by Gasteiger charge is 2.35. The SMILES string of the molecule is Cn1c(C(F)(F)F)cc(=O)n(-c2ccc3snc(C(C#N)C#N)c3c2)c1=O. The molecule has 0 aliphatic heterocycles. The van der Waals surface area contributed by atoms with Crippen LogP contribution in [0.25, 0.3) is 15.8 Å². The first kappa shape index (κ1) is 18.4. The smallest absolute Gasteiger partial charge is 0.292 e. The number of fused-ring (bicyclic) bond motifs is 1. The van der Waals surface area contributed by atoms with Crippen molar-refractivity contribution in [2.24, 2.45) is 7.05 Å². The monoisotopic (exact) mass is 391 g/mol. The van der Waals surface area contributed by atoms with Crippen molar-refractivity contribution in [3.63, 3.8) is 0 Å². The minimum absolute atomic E-state index is 0.0119. The average Bonchev–Trinajstić information content (AvgIpc) is 3.02. The van der Waals surface area contributed by atoms with E-state index in [2.05, 4.69) is 4.37 Å². The number of halogens is 3. The summed E-state index contributed by atoms with van der Waals surface area (Å²) in [6.07, 6.45) is -4.85. The Bertz CT molecular complexity index is 1240. The van der Waals surface area contributed by atoms with Crippen LogP contribution in [0.2, 0.25) is 0 Å². The van der Waals surface area contributed by atoms with Gasteiger partial charge in [0.15, 0.2) is 5.92 Å². The van der Waals surface area contributed by atoms with Crippen molar-refractivity contribution in [1.82, 2.24) is 13.5 Å². The molecule has 27 heavy (non-hydrogen) atoms. The van der Waals surface area contributed by atoms with Crippen molar-refractivity contribution >= 4 is 21.6 Å². The van der Waals surface area contributed by atoms with E-state index in [4.69, 9.17) is 10.5 Å². The summed E-state index contributed by atoms with van der Waals surface area (Å²) in [5.74, 6) is -1.15. The van der Waals surface area contributed by atoms with E-state index < -0.39 is 29.0 Å². The van der Waals surface area contributed by atoms with Crippen LogP contribution in [-0.4, -0.2) is 13.5 Å². The molecule has 3 aromatic rings. The minimum atomic E-state index is -4.85. The van der Waals surface area contributed by atoms with Crippen molar-refractivity contribution in [2.45, 2.75) is 12.1 Å². The Morgan fingerprint density at radius 3 is 2.44 bits per heavy atom. The molecular weight excluding hydrogens is 383 g/mol. The van der Waals surface area contributed by atoms with E-state index in [0.717, 1.165) is 18.6 Å². The van der Waals surface area contributed by atoms with E-state index in [-0.39, 0.29) is 11.4 Å². The topological polar surface area (TPSA) is 104 Å². The van der Waals surface area contributed by atoms with Gasteiger partial charge >= 0.3 is 11.9 Å². The van der Waals surface area contributed by atoms with Gasteiger partial charge in [-0.2, -0.15) is 28.1 Å². The molecule has 0 aliphatic rings. The van der Waals surface area contributed by atoms with Gasteiger partial charge < -0.3 is 0 Å². The first-order chi connectivity index (χ1) is 12.7. The zero-order chi connectivity index (χ0) is 19.9. The van der Waals surface area contributed by atoms with E-state index in [0.29, 0.717) is 25.3 Å². The summed E-state index contributed by atoms with van der Waals surface area (Å²) >= 11 is 1.02. The van der Waals surface area contributed by atoms with Crippen molar-refractivity contribution in [1.29, 1.82) is 10.5 Å². The first-order valence-corrected chi connectivity index (χ1v) is 8.05. The fourth-order valence-electron chi connectivity index (χ4n) is 2.58. The van der Waals surface area contributed by atoms with E-state index in [9.17, 15) is 22.8 Å². The molecule has 0 fully saturated rings. The van der Waals surface area contributed by atoms with Gasteiger partial charge in [-0.25, -0.2) is 9.36 Å². The van der Waals surface area contributed by atoms with Crippen LogP contribution in [-0.2, 0) is 13.2 Å². The zero-order valence-electron chi connectivity index (χ0n) is 13.5. The molecule has 0 atom stereocenters. The van der Waals surface area contributed by atoms with Crippen LogP contribution in [0.4, 0.5) is 13.2 Å². The van der Waals surface area contributed by atoms with Crippen LogP contribution in [0.1, 0.15) is 17.3 Å². The summed E-state index contributed by atoms with van der Waals surface area (Å²) in [6, 6.07) is 8.16. The third-order valence-electron chi connectivity index (χ3n) is 3.88. The van der Waals surface area contributed by atoms with E-state index >= 15 is 0 Å². The van der Waals surface area contributed by atoms with Gasteiger partial charge in [0, 0.05) is 18.5 Å². The Morgan fingerprint density at radius 1 is 1.19 bits per heavy atom. The van der Waals surface area contributed by atoms with Crippen LogP contribution in [0.15, 0.2) is 33.9 Å². The fourth-order valence-corrected chi connectivity index (χ4v) is 3.37. The Morgan fingerprint density at radius 2 is 1.85 bits per heavy atom. The number of nitriles is 2. The first-order valence-electron chi connectivity index (χ1n) is 7.28. The number of aromatic nitrogens is 3. The maximum atomic E-state index is 13.0. The van der Waals surface area contributed by atoms with E-state index in [1.807, 2.05) is 0 Å². The van der Waals surface area contributed by atoms with Gasteiger partial charge in [0.1, 0.15) is 5.69 Å². The highest BCUT2D eigenvalue weighted by Crippen LogP contribution is 2.30. The summed E-state index contributed by atoms with van der Waals surface area (Å²) in [4.78, 5) is 24.6. The summed E-state index contributed by atoms with van der Waals surface area (Å²) in [7, 11) is 0.915. The predicted octanol–water partition coefficient (Wildman–Crippen LogP) is 2.30. The molecule has 0 amide bonds. The zero-order valence-corrected chi connectivity index (χ0v) is 14.3. The summed E-state index contributed by atoms with van der Waals surface area (Å²) in [5.41, 5.74) is -3.50. The van der Waals surface area contributed by atoms with E-state index in [1.54, 1.807) is 12.1 Å². The van der Waals surface area contributed by atoms with Crippen LogP contribution < -0.4 is 11.2 Å². The van der Waals surface area contributed by atoms with Crippen LogP contribution >= 0.6 is 11.5 Å². The van der Waals surface area contributed by atoms with Crippen molar-refractivity contribution in [3.8, 4) is 17.8 Å². The molecule has 0 radical (unpaired) electrons. The normalized spacial score (nSPS) is 11.5. The number of alkyl halides is 3. The lowest BCUT2D eigenvalue weighted by Gasteiger charge is -2.14. The summed E-state index contributed by atoms with van der Waals surface area (Å²) < 4.78 is 44.4. The minimum Gasteiger partial charge on any atom is -0.292 e. The summed E-state index contributed by atoms with van der Waals surface area (Å²) in [6.45, 7) is 0. The molecule has 136 valence electrons. The van der Waals surface area contributed by atoms with Gasteiger partial charge in [-0.05, 0) is 29.7 Å². The van der Waals surface area contributed by atoms with E-state index in [1.165, 1.54) is 18.2 Å². The molecule has 0 spiro atoms. The molecule has 0 aliphatic carbocycles. The number of rotatable bonds is 2. The van der Waals surface area contributed by atoms with Gasteiger partial charge in [-0.3, -0.25) is 9.36 Å². The van der Waals surface area contributed by atoms with Gasteiger partial charge in [0.05, 0.1) is 28.2 Å². The Hall–Kier alpha value is -3.44. The quantitative estimate of drug-likeness (QED) is 0.667. The molecule has 0 saturated carbocycles. The fraction of sp³-hybridized carbons (Fsp3) is 0.188. The Labute approximate surface area is 152 Å². The van der Waals surface area contributed by atoms with Gasteiger partial charge in [0.2, 0.25) is 0 Å². The predicted molar refractivity (Wildman–Crippen MR) is 89.4 cm³/mol. The molecule has 3 rings (SSSR count). The summed E-state index contributed by atoms with van der Waals surface area (Å²) in [5, 5.41) is 18.5. The molecule has 11 heteroatoms. The molecular formula is C16H8F3N5O2S. The molecule has 2 aromatic heterocycles. The highest BCUT2D eigenvalue weighted by atomic mass is 32.1. The van der Waals surface area contributed by atoms with Gasteiger partial charge in [0.25, 0.3) is 5.56 Å². The maximum absolute atomic E-state index is 13.0. The molecule has 7 nitrogen and oxygen atoms in total. The number of nitrogens with zero attached hydrogens (tertiary/aromatic N) is 5. The second-order valence-corrected chi connectivity index (χ2v) is 6.29. The molecule has 2 heterocycles. The van der Waals surface area contributed by atoms with Gasteiger partial charge in [-0.1, -0.05) is 0 Å². The lowest BCUT2D eigenvalue weighted by Crippen LogP contribution is -2.40. The average molecular weight is 391 g/mol. The molecule has 0 saturated heterocycles. The van der Waals surface area contributed by atoms with Crippen LogP contribution in [0.3, 0.4) is 0 Å². The van der Waals surface area contributed by atoms with Crippen molar-refractivity contribution < 1.29 is 13.2 Å². The molecule has 1 aromatic carbocycles. The third kappa shape index (κ3) is 2.98. The lowest BCUT2D eigenvalue weighted by molar-refractivity contribution is -0.144. The molecule has 0 unspecified atom stereocenters. The third-order valence-corrected chi connectivity index (χ3v) is 4.72. The Balaban J connectivity index is 2.29. The second-order valence-electron chi connectivity index (χ2n) is 5.48. The van der Waals surface area contributed by atoms with Crippen LogP contribution in [0.5, 0.6) is 0 Å². The lowest BCUT2D eigenvalue weighted by atomic mass is 10.0. The van der Waals surface area contributed by atoms with Crippen molar-refractivity contribution in [3.05, 3.63) is 56.5 Å². The number of benzene rings is 1. The van der Waals surface area contributed by atoms with Crippen molar-refractivity contribution in [2.75, 3.05) is 0 Å². The van der Waals surface area contributed by atoms with Gasteiger partial charge in [-0.15, -0.1) is 0 Å². The number of hydrogen-bond acceptors (Lipinski definition) is 6. The highest BCUT2D eigenvalue weighted by molar-refractivity contribution is 7.13. The Kier molecular flexibility index (Phi) is 4.33. The molecule has 0 N–H and O–H groups in total. The molecule has 0 bridgehead atoms. The van der Waals surface area contributed by atoms with Crippen LogP contribution in [0, 0.1) is 22.7 Å². The number of hydrogen-bond donors (Lipinski definition) is 0. The second kappa shape index (κ2) is 6.37. The largest absolute Gasteiger partial charge is 0.431 e.